The van der Waals surface area contributed by atoms with Gasteiger partial charge in [-0.25, -0.2) is 9.18 Å². The third kappa shape index (κ3) is 3.53. The van der Waals surface area contributed by atoms with Crippen LogP contribution in [0.25, 0.3) is 16.7 Å². The van der Waals surface area contributed by atoms with Gasteiger partial charge in [0.15, 0.2) is 0 Å². The molecule has 6 rings (SSSR count). The molecule has 2 atom stereocenters. The lowest BCUT2D eigenvalue weighted by Crippen LogP contribution is -2.51. The van der Waals surface area contributed by atoms with E-state index in [2.05, 4.69) is 54.6 Å². The van der Waals surface area contributed by atoms with E-state index in [9.17, 15) is 9.18 Å². The van der Waals surface area contributed by atoms with Crippen LogP contribution >= 0.6 is 0 Å². The van der Waals surface area contributed by atoms with E-state index in [0.717, 1.165) is 42.4 Å². The van der Waals surface area contributed by atoms with Crippen molar-refractivity contribution >= 4 is 11.7 Å². The Balaban J connectivity index is 1.23. The van der Waals surface area contributed by atoms with Crippen LogP contribution in [-0.4, -0.2) is 29.7 Å². The minimum absolute atomic E-state index is 0.000757. The molecule has 1 aliphatic carbocycles. The number of hydrogen-bond donors (Lipinski definition) is 0. The van der Waals surface area contributed by atoms with Crippen LogP contribution in [0.3, 0.4) is 0 Å². The normalized spacial score (nSPS) is 21.0. The predicted molar refractivity (Wildman–Crippen MR) is 132 cm³/mol. The molecule has 0 aromatic heterocycles. The summed E-state index contributed by atoms with van der Waals surface area (Å²) in [5.41, 5.74) is 8.08. The van der Waals surface area contributed by atoms with Crippen molar-refractivity contribution in [3.8, 4) is 11.1 Å². The summed E-state index contributed by atoms with van der Waals surface area (Å²) in [4.78, 5) is 15.3. The van der Waals surface area contributed by atoms with E-state index in [1.807, 2.05) is 17.9 Å². The molecular weight excluding hydrogens is 425 g/mol. The van der Waals surface area contributed by atoms with Gasteiger partial charge in [-0.05, 0) is 83.7 Å². The molecule has 1 saturated heterocycles. The highest BCUT2D eigenvalue weighted by molar-refractivity contribution is 5.79. The van der Waals surface area contributed by atoms with E-state index in [1.165, 1.54) is 28.3 Å². The SMILES string of the molecule is Cc1ccc(F)cc1C1=CC2CCCC(C1)N2C(=O)OCC1c2ccccc2-c2ccccc21. The highest BCUT2D eigenvalue weighted by Crippen LogP contribution is 2.45. The van der Waals surface area contributed by atoms with Gasteiger partial charge in [0.2, 0.25) is 0 Å². The number of carbonyl (C=O) groups is 1. The molecule has 0 saturated carbocycles. The topological polar surface area (TPSA) is 29.5 Å². The van der Waals surface area contributed by atoms with Crippen molar-refractivity contribution < 1.29 is 13.9 Å². The lowest BCUT2D eigenvalue weighted by Gasteiger charge is -2.44. The summed E-state index contributed by atoms with van der Waals surface area (Å²) in [5, 5.41) is 0. The third-order valence-corrected chi connectivity index (χ3v) is 7.73. The van der Waals surface area contributed by atoms with E-state index in [1.54, 1.807) is 6.07 Å². The molecule has 2 aliphatic heterocycles. The summed E-state index contributed by atoms with van der Waals surface area (Å²) in [7, 11) is 0. The van der Waals surface area contributed by atoms with Crippen LogP contribution in [0.2, 0.25) is 0 Å². The molecule has 3 aromatic carbocycles. The molecule has 2 heterocycles. The average Bonchev–Trinajstić information content (AvgIpc) is 3.17. The molecule has 2 unspecified atom stereocenters. The van der Waals surface area contributed by atoms with Crippen LogP contribution < -0.4 is 0 Å². The molecule has 1 fully saturated rings. The zero-order valence-corrected chi connectivity index (χ0v) is 19.3. The summed E-state index contributed by atoms with van der Waals surface area (Å²) in [6.07, 6.45) is 5.63. The molecule has 34 heavy (non-hydrogen) atoms. The fourth-order valence-electron chi connectivity index (χ4n) is 6.12. The van der Waals surface area contributed by atoms with E-state index in [4.69, 9.17) is 4.74 Å². The van der Waals surface area contributed by atoms with Gasteiger partial charge in [0.1, 0.15) is 12.4 Å². The number of nitrogens with zero attached hydrogens (tertiary/aromatic N) is 1. The Kier molecular flexibility index (Phi) is 5.24. The first-order valence-corrected chi connectivity index (χ1v) is 12.2. The van der Waals surface area contributed by atoms with Crippen LogP contribution in [0.4, 0.5) is 9.18 Å². The van der Waals surface area contributed by atoms with Gasteiger partial charge in [-0.15, -0.1) is 0 Å². The highest BCUT2D eigenvalue weighted by Gasteiger charge is 2.39. The van der Waals surface area contributed by atoms with E-state index in [-0.39, 0.29) is 29.9 Å². The zero-order valence-electron chi connectivity index (χ0n) is 19.3. The lowest BCUT2D eigenvalue weighted by molar-refractivity contribution is 0.0539. The highest BCUT2D eigenvalue weighted by atomic mass is 19.1. The molecule has 3 aliphatic rings. The van der Waals surface area contributed by atoms with Crippen LogP contribution in [0, 0.1) is 12.7 Å². The fraction of sp³-hybridized carbons (Fsp3) is 0.300. The molecule has 2 bridgehead atoms. The maximum atomic E-state index is 13.9. The number of halogens is 1. The van der Waals surface area contributed by atoms with Gasteiger partial charge in [-0.2, -0.15) is 0 Å². The number of rotatable bonds is 3. The summed E-state index contributed by atoms with van der Waals surface area (Å²) in [5.74, 6) is -0.160. The van der Waals surface area contributed by atoms with Crippen molar-refractivity contribution in [2.45, 2.75) is 50.6 Å². The first-order chi connectivity index (χ1) is 16.6. The number of hydrogen-bond acceptors (Lipinski definition) is 2. The summed E-state index contributed by atoms with van der Waals surface area (Å²) < 4.78 is 19.9. The molecule has 3 nitrogen and oxygen atoms in total. The van der Waals surface area contributed by atoms with Gasteiger partial charge >= 0.3 is 6.09 Å². The molecule has 0 N–H and O–H groups in total. The van der Waals surface area contributed by atoms with Crippen molar-refractivity contribution in [2.24, 2.45) is 0 Å². The Hall–Kier alpha value is -3.40. The molecule has 3 aromatic rings. The second-order valence-corrected chi connectivity index (χ2v) is 9.72. The molecule has 0 radical (unpaired) electrons. The fourth-order valence-corrected chi connectivity index (χ4v) is 6.12. The molecule has 1 amide bonds. The first kappa shape index (κ1) is 21.2. The molecule has 4 heteroatoms. The minimum Gasteiger partial charge on any atom is -0.448 e. The monoisotopic (exact) mass is 453 g/mol. The standard InChI is InChI=1S/C30H28FNO2/c1-19-13-14-21(31)17-28(19)20-15-22-7-6-8-23(16-20)32(22)30(33)34-18-29-26-11-4-2-9-24(26)25-10-3-5-12-27(25)29/h2-5,9-15,17,22-23,29H,6-8,16,18H2,1H3. The van der Waals surface area contributed by atoms with Crippen molar-refractivity contribution in [3.05, 3.63) is 101 Å². The van der Waals surface area contributed by atoms with Gasteiger partial charge in [0, 0.05) is 12.0 Å². The average molecular weight is 454 g/mol. The van der Waals surface area contributed by atoms with Crippen LogP contribution in [0.15, 0.2) is 72.8 Å². The quantitative estimate of drug-likeness (QED) is 0.424. The van der Waals surface area contributed by atoms with Crippen LogP contribution in [0.5, 0.6) is 0 Å². The zero-order chi connectivity index (χ0) is 23.2. The van der Waals surface area contributed by atoms with Crippen molar-refractivity contribution in [2.75, 3.05) is 6.61 Å². The number of carbonyl (C=O) groups excluding carboxylic acids is 1. The van der Waals surface area contributed by atoms with E-state index < -0.39 is 0 Å². The second-order valence-electron chi connectivity index (χ2n) is 9.72. The van der Waals surface area contributed by atoms with Gasteiger partial charge in [0.05, 0.1) is 6.04 Å². The third-order valence-electron chi connectivity index (χ3n) is 7.73. The van der Waals surface area contributed by atoms with Crippen molar-refractivity contribution in [3.63, 3.8) is 0 Å². The summed E-state index contributed by atoms with van der Waals surface area (Å²) in [6.45, 7) is 2.35. The Morgan fingerprint density at radius 1 is 0.971 bits per heavy atom. The smallest absolute Gasteiger partial charge is 0.410 e. The van der Waals surface area contributed by atoms with Gasteiger partial charge in [0.25, 0.3) is 0 Å². The minimum atomic E-state index is -0.233. The Labute approximate surface area is 199 Å². The lowest BCUT2D eigenvalue weighted by atomic mass is 9.82. The van der Waals surface area contributed by atoms with Gasteiger partial charge < -0.3 is 4.74 Å². The number of aryl methyl sites for hydroxylation is 1. The van der Waals surface area contributed by atoms with Gasteiger partial charge in [-0.3, -0.25) is 4.90 Å². The van der Waals surface area contributed by atoms with E-state index >= 15 is 0 Å². The second kappa shape index (κ2) is 8.43. The molecular formula is C30H28FNO2. The maximum Gasteiger partial charge on any atom is 0.410 e. The van der Waals surface area contributed by atoms with Crippen LogP contribution in [-0.2, 0) is 4.74 Å². The van der Waals surface area contributed by atoms with Crippen molar-refractivity contribution in [1.29, 1.82) is 0 Å². The Morgan fingerprint density at radius 3 is 2.38 bits per heavy atom. The Bertz CT molecular complexity index is 1250. The largest absolute Gasteiger partial charge is 0.448 e. The first-order valence-electron chi connectivity index (χ1n) is 12.2. The molecule has 172 valence electrons. The number of piperidine rings is 1. The number of fused-ring (bicyclic) bond motifs is 5. The predicted octanol–water partition coefficient (Wildman–Crippen LogP) is 7.09. The summed E-state index contributed by atoms with van der Waals surface area (Å²) >= 11 is 0. The molecule has 0 spiro atoms. The maximum absolute atomic E-state index is 13.9. The van der Waals surface area contributed by atoms with Crippen LogP contribution in [0.1, 0.15) is 53.9 Å². The number of amides is 1. The van der Waals surface area contributed by atoms with Crippen molar-refractivity contribution in [1.82, 2.24) is 4.90 Å². The van der Waals surface area contributed by atoms with Gasteiger partial charge in [-0.1, -0.05) is 60.7 Å². The number of benzene rings is 3. The Morgan fingerprint density at radius 2 is 1.68 bits per heavy atom. The van der Waals surface area contributed by atoms with E-state index in [0.29, 0.717) is 6.61 Å². The number of ether oxygens (including phenoxy) is 1. The summed E-state index contributed by atoms with van der Waals surface area (Å²) in [6, 6.07) is 21.8.